The van der Waals surface area contributed by atoms with Crippen LogP contribution in [0.3, 0.4) is 0 Å². The molecule has 0 fully saturated rings. The predicted octanol–water partition coefficient (Wildman–Crippen LogP) is 3.26. The molecule has 0 aliphatic heterocycles. The Bertz CT molecular complexity index is 802. The Hall–Kier alpha value is -1.86. The Labute approximate surface area is 130 Å². The van der Waals surface area contributed by atoms with E-state index < -0.39 is 16.0 Å². The van der Waals surface area contributed by atoms with E-state index in [-0.39, 0.29) is 16.1 Å². The normalized spacial score (nSPS) is 11.1. The summed E-state index contributed by atoms with van der Waals surface area (Å²) >= 11 is 3.19. The van der Waals surface area contributed by atoms with Crippen LogP contribution in [-0.2, 0) is 10.0 Å². The summed E-state index contributed by atoms with van der Waals surface area (Å²) in [7, 11) is -3.80. The number of sulfonamides is 1. The first-order chi connectivity index (χ1) is 9.83. The molecule has 0 saturated carbocycles. The van der Waals surface area contributed by atoms with Gasteiger partial charge in [0.2, 0.25) is 0 Å². The zero-order chi connectivity index (χ0) is 15.6. The Kier molecular flexibility index (Phi) is 4.34. The van der Waals surface area contributed by atoms with Crippen LogP contribution in [0.15, 0.2) is 51.8 Å². The molecule has 0 aromatic heterocycles. The number of benzene rings is 2. The molecule has 2 rings (SSSR count). The molecule has 0 heterocycles. The summed E-state index contributed by atoms with van der Waals surface area (Å²) in [5.41, 5.74) is 0.661. The third-order valence-corrected chi connectivity index (χ3v) is 5.31. The van der Waals surface area contributed by atoms with Crippen LogP contribution in [0.1, 0.15) is 15.9 Å². The lowest BCUT2D eigenvalue weighted by molar-refractivity contribution is 0.0696. The van der Waals surface area contributed by atoms with Crippen molar-refractivity contribution < 1.29 is 18.3 Å². The van der Waals surface area contributed by atoms with Gasteiger partial charge in [0.1, 0.15) is 4.90 Å². The van der Waals surface area contributed by atoms with Crippen LogP contribution in [0.2, 0.25) is 0 Å². The summed E-state index contributed by atoms with van der Waals surface area (Å²) in [6.07, 6.45) is 0. The minimum Gasteiger partial charge on any atom is -0.478 e. The number of halogens is 1. The van der Waals surface area contributed by atoms with Crippen LogP contribution >= 0.6 is 15.9 Å². The van der Waals surface area contributed by atoms with Crippen LogP contribution in [0.5, 0.6) is 0 Å². The first-order valence-corrected chi connectivity index (χ1v) is 8.21. The number of hydrogen-bond acceptors (Lipinski definition) is 3. The van der Waals surface area contributed by atoms with E-state index in [1.54, 1.807) is 25.1 Å². The number of aromatic carboxylic acids is 1. The van der Waals surface area contributed by atoms with Crippen LogP contribution in [0.25, 0.3) is 0 Å². The lowest BCUT2D eigenvalue weighted by atomic mass is 10.1. The molecule has 2 aromatic carbocycles. The molecule has 0 amide bonds. The van der Waals surface area contributed by atoms with E-state index in [2.05, 4.69) is 20.7 Å². The number of nitrogens with one attached hydrogen (secondary N) is 1. The standard InChI is InChI=1S/C14H12BrNO4S/c1-9-10(14(17)18)5-4-7-12(9)16-21(19,20)13-8-3-2-6-11(13)15/h2-8,16H,1H3,(H,17,18). The van der Waals surface area contributed by atoms with E-state index in [1.165, 1.54) is 24.3 Å². The van der Waals surface area contributed by atoms with Gasteiger partial charge < -0.3 is 5.11 Å². The summed E-state index contributed by atoms with van der Waals surface area (Å²) < 4.78 is 27.6. The summed E-state index contributed by atoms with van der Waals surface area (Å²) in [6.45, 7) is 1.56. The molecule has 0 unspecified atom stereocenters. The predicted molar refractivity (Wildman–Crippen MR) is 83.1 cm³/mol. The zero-order valence-electron chi connectivity index (χ0n) is 11.0. The molecule has 0 saturated heterocycles. The molecule has 2 N–H and O–H groups in total. The Morgan fingerprint density at radius 3 is 2.43 bits per heavy atom. The summed E-state index contributed by atoms with van der Waals surface area (Å²) in [4.78, 5) is 11.2. The van der Waals surface area contributed by atoms with Crippen LogP contribution in [0, 0.1) is 6.92 Å². The number of carboxylic acids is 1. The lowest BCUT2D eigenvalue weighted by Crippen LogP contribution is -2.15. The fraction of sp³-hybridized carbons (Fsp3) is 0.0714. The molecular weight excluding hydrogens is 358 g/mol. The molecule has 110 valence electrons. The molecule has 5 nitrogen and oxygen atoms in total. The highest BCUT2D eigenvalue weighted by Crippen LogP contribution is 2.26. The van der Waals surface area contributed by atoms with Gasteiger partial charge in [-0.15, -0.1) is 0 Å². The lowest BCUT2D eigenvalue weighted by Gasteiger charge is -2.13. The SMILES string of the molecule is Cc1c(NS(=O)(=O)c2ccccc2Br)cccc1C(=O)O. The van der Waals surface area contributed by atoms with Gasteiger partial charge in [0.15, 0.2) is 0 Å². The average molecular weight is 370 g/mol. The Morgan fingerprint density at radius 1 is 1.14 bits per heavy atom. The van der Waals surface area contributed by atoms with Crippen molar-refractivity contribution in [2.75, 3.05) is 4.72 Å². The Morgan fingerprint density at radius 2 is 1.81 bits per heavy atom. The second kappa shape index (κ2) is 5.87. The highest BCUT2D eigenvalue weighted by Gasteiger charge is 2.19. The molecule has 0 atom stereocenters. The maximum Gasteiger partial charge on any atom is 0.336 e. The van der Waals surface area contributed by atoms with E-state index in [0.717, 1.165) is 0 Å². The van der Waals surface area contributed by atoms with E-state index in [9.17, 15) is 13.2 Å². The number of hydrogen-bond donors (Lipinski definition) is 2. The quantitative estimate of drug-likeness (QED) is 0.866. The van der Waals surface area contributed by atoms with Gasteiger partial charge in [-0.05, 0) is 52.7 Å². The van der Waals surface area contributed by atoms with E-state index >= 15 is 0 Å². The topological polar surface area (TPSA) is 83.5 Å². The number of carbonyl (C=O) groups is 1. The van der Waals surface area contributed by atoms with Crippen LogP contribution in [0.4, 0.5) is 5.69 Å². The van der Waals surface area contributed by atoms with Gasteiger partial charge in [0, 0.05) is 4.47 Å². The molecule has 0 aliphatic rings. The van der Waals surface area contributed by atoms with Crippen molar-refractivity contribution in [1.29, 1.82) is 0 Å². The smallest absolute Gasteiger partial charge is 0.336 e. The Balaban J connectivity index is 2.45. The summed E-state index contributed by atoms with van der Waals surface area (Å²) in [5.74, 6) is -1.10. The summed E-state index contributed by atoms with van der Waals surface area (Å²) in [5, 5.41) is 9.06. The number of carboxylic acid groups (broad SMARTS) is 1. The number of rotatable bonds is 4. The van der Waals surface area contributed by atoms with E-state index in [0.29, 0.717) is 10.0 Å². The van der Waals surface area contributed by atoms with Gasteiger partial charge in [-0.2, -0.15) is 0 Å². The first-order valence-electron chi connectivity index (χ1n) is 5.93. The highest BCUT2D eigenvalue weighted by molar-refractivity contribution is 9.10. The fourth-order valence-electron chi connectivity index (χ4n) is 1.84. The van der Waals surface area contributed by atoms with Gasteiger partial charge in [-0.25, -0.2) is 13.2 Å². The molecule has 21 heavy (non-hydrogen) atoms. The second-order valence-electron chi connectivity index (χ2n) is 4.32. The van der Waals surface area contributed by atoms with Gasteiger partial charge in [0.05, 0.1) is 11.3 Å². The van der Waals surface area contributed by atoms with Crippen molar-refractivity contribution in [2.45, 2.75) is 11.8 Å². The van der Waals surface area contributed by atoms with Crippen LogP contribution < -0.4 is 4.72 Å². The maximum absolute atomic E-state index is 12.4. The fourth-order valence-corrected chi connectivity index (χ4v) is 3.97. The van der Waals surface area contributed by atoms with Crippen LogP contribution in [-0.4, -0.2) is 19.5 Å². The van der Waals surface area contributed by atoms with Crippen molar-refractivity contribution in [3.63, 3.8) is 0 Å². The van der Waals surface area contributed by atoms with Crippen molar-refractivity contribution in [3.8, 4) is 0 Å². The monoisotopic (exact) mass is 369 g/mol. The molecule has 0 bridgehead atoms. The van der Waals surface area contributed by atoms with Gasteiger partial charge in [-0.3, -0.25) is 4.72 Å². The second-order valence-corrected chi connectivity index (χ2v) is 6.82. The number of anilines is 1. The molecular formula is C14H12BrNO4S. The van der Waals surface area contributed by atoms with Crippen molar-refractivity contribution in [3.05, 3.63) is 58.1 Å². The van der Waals surface area contributed by atoms with E-state index in [4.69, 9.17) is 5.11 Å². The third-order valence-electron chi connectivity index (χ3n) is 2.93. The zero-order valence-corrected chi connectivity index (χ0v) is 13.4. The average Bonchev–Trinajstić information content (AvgIpc) is 2.41. The van der Waals surface area contributed by atoms with Gasteiger partial charge in [-0.1, -0.05) is 18.2 Å². The van der Waals surface area contributed by atoms with Crippen molar-refractivity contribution in [1.82, 2.24) is 0 Å². The summed E-state index contributed by atoms with van der Waals surface area (Å²) in [6, 6.07) is 10.8. The van der Waals surface area contributed by atoms with Gasteiger partial charge >= 0.3 is 5.97 Å². The minimum absolute atomic E-state index is 0.0577. The van der Waals surface area contributed by atoms with Gasteiger partial charge in [0.25, 0.3) is 10.0 Å². The molecule has 7 heteroatoms. The van der Waals surface area contributed by atoms with E-state index in [1.807, 2.05) is 0 Å². The minimum atomic E-state index is -3.80. The van der Waals surface area contributed by atoms with Crippen molar-refractivity contribution >= 4 is 37.6 Å². The van der Waals surface area contributed by atoms with Crippen molar-refractivity contribution in [2.24, 2.45) is 0 Å². The molecule has 0 radical (unpaired) electrons. The highest BCUT2D eigenvalue weighted by atomic mass is 79.9. The molecule has 0 spiro atoms. The molecule has 0 aliphatic carbocycles. The molecule has 2 aromatic rings. The largest absolute Gasteiger partial charge is 0.478 e. The third kappa shape index (κ3) is 3.25. The maximum atomic E-state index is 12.4. The first kappa shape index (κ1) is 15.5.